The van der Waals surface area contributed by atoms with Crippen molar-refractivity contribution in [1.82, 2.24) is 0 Å². The lowest BCUT2D eigenvalue weighted by atomic mass is 9.99. The first-order chi connectivity index (χ1) is 9.31. The molecule has 0 heterocycles. The van der Waals surface area contributed by atoms with E-state index in [-0.39, 0.29) is 0 Å². The molecule has 0 saturated heterocycles. The first-order valence-corrected chi connectivity index (χ1v) is 6.33. The largest absolute Gasteiger partial charge is 0.497 e. The molecule has 0 amide bonds. The lowest BCUT2D eigenvalue weighted by molar-refractivity contribution is 0.394. The Bertz CT molecular complexity index is 619. The van der Waals surface area contributed by atoms with Crippen LogP contribution in [0, 0.1) is 0 Å². The summed E-state index contributed by atoms with van der Waals surface area (Å²) in [6, 6.07) is 14.5. The van der Waals surface area contributed by atoms with Crippen LogP contribution in [0.4, 0.5) is 0 Å². The molecule has 0 spiro atoms. The van der Waals surface area contributed by atoms with E-state index in [0.717, 1.165) is 23.5 Å². The van der Waals surface area contributed by atoms with Gasteiger partial charge in [0.25, 0.3) is 0 Å². The third kappa shape index (κ3) is 2.10. The van der Waals surface area contributed by atoms with Crippen LogP contribution < -0.4 is 9.47 Å². The molecule has 0 aliphatic heterocycles. The monoisotopic (exact) mass is 252 g/mol. The Labute approximate surface area is 113 Å². The van der Waals surface area contributed by atoms with Crippen LogP contribution in [0.1, 0.15) is 16.7 Å². The normalized spacial score (nSPS) is 12.8. The predicted molar refractivity (Wildman–Crippen MR) is 76.8 cm³/mol. The van der Waals surface area contributed by atoms with Crippen LogP contribution >= 0.6 is 0 Å². The van der Waals surface area contributed by atoms with Crippen molar-refractivity contribution in [3.63, 3.8) is 0 Å². The summed E-state index contributed by atoms with van der Waals surface area (Å²) in [5.41, 5.74) is 5.08. The second kappa shape index (κ2) is 4.81. The minimum Gasteiger partial charge on any atom is -0.497 e. The maximum absolute atomic E-state index is 5.34. The quantitative estimate of drug-likeness (QED) is 0.829. The van der Waals surface area contributed by atoms with Crippen molar-refractivity contribution in [2.24, 2.45) is 0 Å². The van der Waals surface area contributed by atoms with Crippen molar-refractivity contribution < 1.29 is 9.47 Å². The van der Waals surface area contributed by atoms with Gasteiger partial charge in [-0.05, 0) is 40.8 Å². The highest BCUT2D eigenvalue weighted by molar-refractivity contribution is 5.85. The average Bonchev–Trinajstić information content (AvgIpc) is 2.90. The Balaban J connectivity index is 2.09. The summed E-state index contributed by atoms with van der Waals surface area (Å²) in [6.07, 6.45) is 3.25. The van der Waals surface area contributed by atoms with Crippen LogP contribution in [0.5, 0.6) is 11.5 Å². The SMILES string of the molecule is COc1cc(OC)cc(C2=CCc3ccccc32)c1. The smallest absolute Gasteiger partial charge is 0.123 e. The van der Waals surface area contributed by atoms with Crippen LogP contribution in [-0.2, 0) is 6.42 Å². The van der Waals surface area contributed by atoms with Gasteiger partial charge < -0.3 is 9.47 Å². The summed E-state index contributed by atoms with van der Waals surface area (Å²) in [5, 5.41) is 0. The Morgan fingerprint density at radius 1 is 0.895 bits per heavy atom. The number of fused-ring (bicyclic) bond motifs is 1. The summed E-state index contributed by atoms with van der Waals surface area (Å²) >= 11 is 0. The van der Waals surface area contributed by atoms with E-state index in [4.69, 9.17) is 9.47 Å². The van der Waals surface area contributed by atoms with Crippen molar-refractivity contribution in [3.05, 3.63) is 65.2 Å². The molecule has 2 aromatic rings. The van der Waals surface area contributed by atoms with Gasteiger partial charge in [0.2, 0.25) is 0 Å². The molecule has 0 bridgehead atoms. The Morgan fingerprint density at radius 2 is 1.58 bits per heavy atom. The maximum atomic E-state index is 5.34. The second-order valence-electron chi connectivity index (χ2n) is 4.58. The van der Waals surface area contributed by atoms with E-state index in [1.54, 1.807) is 14.2 Å². The zero-order valence-electron chi connectivity index (χ0n) is 11.1. The molecule has 0 aromatic heterocycles. The third-order valence-corrected chi connectivity index (χ3v) is 3.50. The number of benzene rings is 2. The van der Waals surface area contributed by atoms with E-state index in [1.807, 2.05) is 6.07 Å². The molecule has 2 heteroatoms. The minimum absolute atomic E-state index is 0.819. The molecule has 0 N–H and O–H groups in total. The lowest BCUT2D eigenvalue weighted by Gasteiger charge is -2.10. The van der Waals surface area contributed by atoms with Gasteiger partial charge in [0.1, 0.15) is 11.5 Å². The van der Waals surface area contributed by atoms with Crippen LogP contribution in [0.15, 0.2) is 48.5 Å². The van der Waals surface area contributed by atoms with Crippen LogP contribution in [0.3, 0.4) is 0 Å². The van der Waals surface area contributed by atoms with Crippen molar-refractivity contribution in [1.29, 1.82) is 0 Å². The van der Waals surface area contributed by atoms with Gasteiger partial charge in [-0.2, -0.15) is 0 Å². The van der Waals surface area contributed by atoms with E-state index in [1.165, 1.54) is 16.7 Å². The summed E-state index contributed by atoms with van der Waals surface area (Å²) in [5.74, 6) is 1.64. The van der Waals surface area contributed by atoms with E-state index in [9.17, 15) is 0 Å². The summed E-state index contributed by atoms with van der Waals surface area (Å²) in [4.78, 5) is 0. The van der Waals surface area contributed by atoms with Crippen LogP contribution in [-0.4, -0.2) is 14.2 Å². The van der Waals surface area contributed by atoms with Crippen molar-refractivity contribution in [3.8, 4) is 11.5 Å². The number of hydrogen-bond acceptors (Lipinski definition) is 2. The van der Waals surface area contributed by atoms with Crippen molar-refractivity contribution in [2.45, 2.75) is 6.42 Å². The summed E-state index contributed by atoms with van der Waals surface area (Å²) < 4.78 is 10.7. The molecule has 3 rings (SSSR count). The zero-order valence-corrected chi connectivity index (χ0v) is 11.1. The molecule has 0 saturated carbocycles. The summed E-state index contributed by atoms with van der Waals surface area (Å²) in [6.45, 7) is 0. The zero-order chi connectivity index (χ0) is 13.2. The van der Waals surface area contributed by atoms with Crippen LogP contribution in [0.25, 0.3) is 5.57 Å². The molecule has 0 unspecified atom stereocenters. The number of methoxy groups -OCH3 is 2. The van der Waals surface area contributed by atoms with Gasteiger partial charge in [-0.3, -0.25) is 0 Å². The average molecular weight is 252 g/mol. The van der Waals surface area contributed by atoms with Crippen LogP contribution in [0.2, 0.25) is 0 Å². The van der Waals surface area contributed by atoms with Gasteiger partial charge in [-0.1, -0.05) is 30.3 Å². The van der Waals surface area contributed by atoms with E-state index in [2.05, 4.69) is 42.5 Å². The fourth-order valence-electron chi connectivity index (χ4n) is 2.52. The van der Waals surface area contributed by atoms with Gasteiger partial charge in [-0.15, -0.1) is 0 Å². The standard InChI is InChI=1S/C17H16O2/c1-18-14-9-13(10-15(11-14)19-2)17-8-7-12-5-3-4-6-16(12)17/h3-6,8-11H,7H2,1-2H3. The van der Waals surface area contributed by atoms with Crippen molar-refractivity contribution >= 4 is 5.57 Å². The number of hydrogen-bond donors (Lipinski definition) is 0. The van der Waals surface area contributed by atoms with Gasteiger partial charge in [0.15, 0.2) is 0 Å². The number of allylic oxidation sites excluding steroid dienone is 1. The van der Waals surface area contributed by atoms with E-state index in [0.29, 0.717) is 0 Å². The highest BCUT2D eigenvalue weighted by Gasteiger charge is 2.16. The van der Waals surface area contributed by atoms with E-state index < -0.39 is 0 Å². The molecule has 0 atom stereocenters. The molecule has 2 nitrogen and oxygen atoms in total. The lowest BCUT2D eigenvalue weighted by Crippen LogP contribution is -1.92. The fraction of sp³-hybridized carbons (Fsp3) is 0.176. The first-order valence-electron chi connectivity index (χ1n) is 6.33. The molecular weight excluding hydrogens is 236 g/mol. The topological polar surface area (TPSA) is 18.5 Å². The predicted octanol–water partition coefficient (Wildman–Crippen LogP) is 3.69. The first kappa shape index (κ1) is 11.8. The summed E-state index contributed by atoms with van der Waals surface area (Å²) in [7, 11) is 3.35. The Morgan fingerprint density at radius 3 is 2.26 bits per heavy atom. The Hall–Kier alpha value is -2.22. The van der Waals surface area contributed by atoms with E-state index >= 15 is 0 Å². The number of ether oxygens (including phenoxy) is 2. The molecule has 0 radical (unpaired) electrons. The fourth-order valence-corrected chi connectivity index (χ4v) is 2.52. The molecule has 0 fully saturated rings. The van der Waals surface area contributed by atoms with Crippen molar-refractivity contribution in [2.75, 3.05) is 14.2 Å². The molecule has 2 aromatic carbocycles. The highest BCUT2D eigenvalue weighted by atomic mass is 16.5. The highest BCUT2D eigenvalue weighted by Crippen LogP contribution is 2.35. The molecule has 1 aliphatic rings. The Kier molecular flexibility index (Phi) is 3.00. The minimum atomic E-state index is 0.819. The third-order valence-electron chi connectivity index (χ3n) is 3.50. The molecule has 19 heavy (non-hydrogen) atoms. The van der Waals surface area contributed by atoms with Gasteiger partial charge in [0.05, 0.1) is 14.2 Å². The molecule has 1 aliphatic carbocycles. The van der Waals surface area contributed by atoms with Gasteiger partial charge >= 0.3 is 0 Å². The number of rotatable bonds is 3. The van der Waals surface area contributed by atoms with Gasteiger partial charge in [-0.25, -0.2) is 0 Å². The maximum Gasteiger partial charge on any atom is 0.123 e. The second-order valence-corrected chi connectivity index (χ2v) is 4.58. The molecule has 96 valence electrons. The van der Waals surface area contributed by atoms with Gasteiger partial charge in [0, 0.05) is 6.07 Å². The molecular formula is C17H16O2.